The molecule has 0 fully saturated rings. The number of hydrogen-bond acceptors (Lipinski definition) is 8. The summed E-state index contributed by atoms with van der Waals surface area (Å²) in [6, 6.07) is 7.87. The third-order valence-electron chi connectivity index (χ3n) is 5.93. The van der Waals surface area contributed by atoms with E-state index in [9.17, 15) is 27.9 Å². The Hall–Kier alpha value is -4.20. The summed E-state index contributed by atoms with van der Waals surface area (Å²) in [4.78, 5) is 30.9. The molecule has 2 amide bonds. The number of pyridine rings is 1. The number of methoxy groups -OCH3 is 1. The number of benzene rings is 1. The average Bonchev–Trinajstić information content (AvgIpc) is 3.40. The van der Waals surface area contributed by atoms with E-state index in [1.165, 1.54) is 19.5 Å². The summed E-state index contributed by atoms with van der Waals surface area (Å²) in [5, 5.41) is 20.1. The van der Waals surface area contributed by atoms with Crippen LogP contribution in [-0.2, 0) is 17.7 Å². The van der Waals surface area contributed by atoms with Crippen LogP contribution in [0.25, 0.3) is 11.5 Å². The summed E-state index contributed by atoms with van der Waals surface area (Å²) in [5.41, 5.74) is 1.96. The third kappa shape index (κ3) is 6.02. The normalized spacial score (nSPS) is 14.0. The van der Waals surface area contributed by atoms with Crippen LogP contribution < -0.4 is 10.1 Å². The molecular weight excluding hydrogens is 509 g/mol. The second-order valence-corrected chi connectivity index (χ2v) is 8.62. The van der Waals surface area contributed by atoms with E-state index >= 15 is 0 Å². The van der Waals surface area contributed by atoms with Gasteiger partial charge in [-0.25, -0.2) is 9.78 Å². The second kappa shape index (κ2) is 11.0. The summed E-state index contributed by atoms with van der Waals surface area (Å²) in [6.07, 6.45) is -3.88. The Balaban J connectivity index is 1.54. The lowest BCUT2D eigenvalue weighted by molar-refractivity contribution is -0.162. The number of nitrogens with one attached hydrogen (secondary N) is 1. The number of ether oxygens (including phenoxy) is 2. The highest BCUT2D eigenvalue weighted by Gasteiger charge is 2.32. The summed E-state index contributed by atoms with van der Waals surface area (Å²) in [7, 11) is 1.41. The van der Waals surface area contributed by atoms with E-state index in [1.54, 1.807) is 35.8 Å². The van der Waals surface area contributed by atoms with Gasteiger partial charge in [0.25, 0.3) is 5.91 Å². The van der Waals surface area contributed by atoms with Gasteiger partial charge in [0.2, 0.25) is 0 Å². The minimum atomic E-state index is -4.62. The van der Waals surface area contributed by atoms with Gasteiger partial charge >= 0.3 is 12.3 Å². The predicted molar refractivity (Wildman–Crippen MR) is 128 cm³/mol. The van der Waals surface area contributed by atoms with Crippen molar-refractivity contribution < 1.29 is 37.3 Å². The fraction of sp³-hybridized carbons (Fsp3) is 0.375. The number of carbonyl (C=O) groups excluding carboxylic acids is 2. The van der Waals surface area contributed by atoms with Gasteiger partial charge in [-0.15, -0.1) is 10.2 Å². The number of carbonyl (C=O) groups is 2. The summed E-state index contributed by atoms with van der Waals surface area (Å²) in [6.45, 7) is 0.124. The Morgan fingerprint density at radius 2 is 2.03 bits per heavy atom. The quantitative estimate of drug-likeness (QED) is 0.473. The number of aromatic nitrogens is 4. The molecule has 2 aromatic heterocycles. The molecule has 1 atom stereocenters. The first-order valence-electron chi connectivity index (χ1n) is 11.6. The first-order valence-corrected chi connectivity index (χ1v) is 11.6. The standard InChI is InChI=1S/C24H25F3N6O5/c1-14(11-34)33-13-28-31-21(33)18-4-3-5-20(29-18)30-22(35)17-8-16-10-32(23(36)38-12-24(25,26)27)7-6-15(16)9-19(17)37-2/h3-5,8-9,13-14,34H,6-7,10-12H2,1-2H3,(H,29,30,35)/t14-/m1/s1. The Morgan fingerprint density at radius 3 is 2.74 bits per heavy atom. The molecule has 0 saturated carbocycles. The van der Waals surface area contributed by atoms with Gasteiger partial charge in [0.1, 0.15) is 23.6 Å². The Kier molecular flexibility index (Phi) is 7.80. The lowest BCUT2D eigenvalue weighted by atomic mass is 9.96. The molecular formula is C24H25F3N6O5. The number of aliphatic hydroxyl groups excluding tert-OH is 1. The highest BCUT2D eigenvalue weighted by molar-refractivity contribution is 6.06. The smallest absolute Gasteiger partial charge is 0.422 e. The fourth-order valence-electron chi connectivity index (χ4n) is 3.97. The van der Waals surface area contributed by atoms with Crippen molar-refractivity contribution in [3.8, 4) is 17.3 Å². The summed E-state index contributed by atoms with van der Waals surface area (Å²) in [5.74, 6) is 0.376. The number of aliphatic hydroxyl groups is 1. The van der Waals surface area contributed by atoms with Crippen LogP contribution in [0.4, 0.5) is 23.8 Å². The van der Waals surface area contributed by atoms with Crippen LogP contribution in [0.3, 0.4) is 0 Å². The van der Waals surface area contributed by atoms with Crippen molar-refractivity contribution >= 4 is 17.8 Å². The summed E-state index contributed by atoms with van der Waals surface area (Å²) >= 11 is 0. The van der Waals surface area contributed by atoms with Crippen molar-refractivity contribution in [3.63, 3.8) is 0 Å². The molecule has 14 heteroatoms. The highest BCUT2D eigenvalue weighted by atomic mass is 19.4. The first-order chi connectivity index (χ1) is 18.1. The van der Waals surface area contributed by atoms with Crippen LogP contribution in [0.15, 0.2) is 36.7 Å². The van der Waals surface area contributed by atoms with Gasteiger partial charge in [-0.3, -0.25) is 4.79 Å². The molecule has 0 unspecified atom stereocenters. The zero-order valence-corrected chi connectivity index (χ0v) is 20.5. The largest absolute Gasteiger partial charge is 0.496 e. The van der Waals surface area contributed by atoms with Gasteiger partial charge in [-0.2, -0.15) is 13.2 Å². The van der Waals surface area contributed by atoms with E-state index in [4.69, 9.17) is 4.74 Å². The highest BCUT2D eigenvalue weighted by Crippen LogP contribution is 2.29. The molecule has 0 spiro atoms. The van der Waals surface area contributed by atoms with Gasteiger partial charge in [-0.1, -0.05) is 6.07 Å². The molecule has 0 aliphatic carbocycles. The van der Waals surface area contributed by atoms with Gasteiger partial charge in [0.05, 0.1) is 25.3 Å². The number of nitrogens with zero attached hydrogens (tertiary/aromatic N) is 5. The van der Waals surface area contributed by atoms with Crippen LogP contribution in [0.2, 0.25) is 0 Å². The van der Waals surface area contributed by atoms with Crippen LogP contribution in [0.1, 0.15) is 34.5 Å². The van der Waals surface area contributed by atoms with E-state index in [1.807, 2.05) is 0 Å². The van der Waals surface area contributed by atoms with E-state index in [2.05, 4.69) is 25.2 Å². The number of halogens is 3. The first kappa shape index (κ1) is 26.9. The molecule has 3 heterocycles. The SMILES string of the molecule is COc1cc2c(cc1C(=O)Nc1cccc(-c3nncn3[C@H](C)CO)n1)CN(C(=O)OCC(F)(F)F)CC2. The maximum absolute atomic E-state index is 13.2. The zero-order valence-electron chi connectivity index (χ0n) is 20.5. The van der Waals surface area contributed by atoms with Gasteiger partial charge < -0.3 is 29.4 Å². The van der Waals surface area contributed by atoms with Crippen LogP contribution >= 0.6 is 0 Å². The van der Waals surface area contributed by atoms with E-state index in [0.29, 0.717) is 29.3 Å². The Labute approximate surface area is 215 Å². The van der Waals surface area contributed by atoms with Crippen molar-refractivity contribution in [2.75, 3.05) is 32.2 Å². The molecule has 0 radical (unpaired) electrons. The van der Waals surface area contributed by atoms with Crippen LogP contribution in [-0.4, -0.2) is 74.8 Å². The Bertz CT molecular complexity index is 1330. The van der Waals surface area contributed by atoms with Gasteiger partial charge in [-0.05, 0) is 48.7 Å². The molecule has 1 aromatic carbocycles. The van der Waals surface area contributed by atoms with Gasteiger partial charge in [0.15, 0.2) is 12.4 Å². The molecule has 1 aliphatic rings. The van der Waals surface area contributed by atoms with Crippen molar-refractivity contribution in [1.82, 2.24) is 24.6 Å². The van der Waals surface area contributed by atoms with Crippen LogP contribution in [0.5, 0.6) is 5.75 Å². The van der Waals surface area contributed by atoms with Crippen LogP contribution in [0, 0.1) is 0 Å². The molecule has 38 heavy (non-hydrogen) atoms. The van der Waals surface area contributed by atoms with E-state index in [-0.39, 0.29) is 37.1 Å². The predicted octanol–water partition coefficient (Wildman–Crippen LogP) is 3.21. The minimum absolute atomic E-state index is 0.0251. The zero-order chi connectivity index (χ0) is 27.4. The third-order valence-corrected chi connectivity index (χ3v) is 5.93. The molecule has 11 nitrogen and oxygen atoms in total. The van der Waals surface area contributed by atoms with Gasteiger partial charge in [0, 0.05) is 13.1 Å². The molecule has 1 aliphatic heterocycles. The summed E-state index contributed by atoms with van der Waals surface area (Å²) < 4.78 is 48.7. The average molecular weight is 534 g/mol. The lowest BCUT2D eigenvalue weighted by Gasteiger charge is -2.29. The van der Waals surface area contributed by atoms with Crippen molar-refractivity contribution in [2.24, 2.45) is 0 Å². The molecule has 3 aromatic rings. The number of anilines is 1. The van der Waals surface area contributed by atoms with E-state index in [0.717, 1.165) is 10.5 Å². The Morgan fingerprint density at radius 1 is 1.24 bits per heavy atom. The molecule has 4 rings (SSSR count). The number of alkyl halides is 3. The van der Waals surface area contributed by atoms with Crippen molar-refractivity contribution in [3.05, 3.63) is 53.3 Å². The molecule has 0 saturated heterocycles. The lowest BCUT2D eigenvalue weighted by Crippen LogP contribution is -2.38. The number of amides is 2. The molecule has 0 bridgehead atoms. The monoisotopic (exact) mass is 534 g/mol. The van der Waals surface area contributed by atoms with E-state index < -0.39 is 24.8 Å². The molecule has 202 valence electrons. The maximum atomic E-state index is 13.2. The number of rotatable bonds is 7. The maximum Gasteiger partial charge on any atom is 0.422 e. The number of hydrogen-bond donors (Lipinski definition) is 2. The number of fused-ring (bicyclic) bond motifs is 1. The second-order valence-electron chi connectivity index (χ2n) is 8.62. The minimum Gasteiger partial charge on any atom is -0.496 e. The molecule has 2 N–H and O–H groups in total. The van der Waals surface area contributed by atoms with Crippen molar-refractivity contribution in [1.29, 1.82) is 0 Å². The van der Waals surface area contributed by atoms with Crippen molar-refractivity contribution in [2.45, 2.75) is 32.1 Å². The fourth-order valence-corrected chi connectivity index (χ4v) is 3.97. The topological polar surface area (TPSA) is 132 Å².